The zero-order chi connectivity index (χ0) is 48.2. The zero-order valence-corrected chi connectivity index (χ0v) is 43.8. The van der Waals surface area contributed by atoms with Crippen LogP contribution in [-0.4, -0.2) is 136 Å². The van der Waals surface area contributed by atoms with E-state index < -0.39 is 0 Å². The molecule has 0 rings (SSSR count). The van der Waals surface area contributed by atoms with Gasteiger partial charge in [0.05, 0.1) is 13.2 Å². The summed E-state index contributed by atoms with van der Waals surface area (Å²) in [6.45, 7) is 25.9. The molecular formula is C53H104N4O8. The monoisotopic (exact) mass is 925 g/mol. The van der Waals surface area contributed by atoms with Gasteiger partial charge in [-0.15, -0.1) is 0 Å². The maximum absolute atomic E-state index is 13.2. The van der Waals surface area contributed by atoms with Crippen molar-refractivity contribution < 1.29 is 38.1 Å². The lowest BCUT2D eigenvalue weighted by Crippen LogP contribution is -2.39. The van der Waals surface area contributed by atoms with Gasteiger partial charge in [-0.25, -0.2) is 9.59 Å². The molecule has 0 saturated heterocycles. The van der Waals surface area contributed by atoms with Crippen LogP contribution in [0.2, 0.25) is 0 Å². The van der Waals surface area contributed by atoms with Crippen molar-refractivity contribution in [1.29, 1.82) is 0 Å². The fraction of sp³-hybridized carbons (Fsp3) is 0.925. The normalized spacial score (nSPS) is 11.5. The fourth-order valence-electron chi connectivity index (χ4n) is 8.29. The Hall–Kier alpha value is -2.60. The van der Waals surface area contributed by atoms with Gasteiger partial charge in [0.1, 0.15) is 13.2 Å². The Balaban J connectivity index is 4.99. The van der Waals surface area contributed by atoms with E-state index in [4.69, 9.17) is 18.9 Å². The highest BCUT2D eigenvalue weighted by molar-refractivity contribution is 5.70. The molecular weight excluding hydrogens is 821 g/mol. The third-order valence-electron chi connectivity index (χ3n) is 12.6. The van der Waals surface area contributed by atoms with Gasteiger partial charge in [0.2, 0.25) is 0 Å². The first-order valence-electron chi connectivity index (χ1n) is 27.2. The van der Waals surface area contributed by atoms with E-state index in [0.29, 0.717) is 103 Å². The second-order valence-corrected chi connectivity index (χ2v) is 18.4. The molecule has 384 valence electrons. The number of rotatable bonds is 46. The quantitative estimate of drug-likeness (QED) is 0.0332. The van der Waals surface area contributed by atoms with E-state index in [1.54, 1.807) is 9.80 Å². The van der Waals surface area contributed by atoms with Crippen LogP contribution in [0.4, 0.5) is 9.59 Å². The van der Waals surface area contributed by atoms with Crippen LogP contribution in [0.1, 0.15) is 216 Å². The Morgan fingerprint density at radius 2 is 0.723 bits per heavy atom. The summed E-state index contributed by atoms with van der Waals surface area (Å²) in [4.78, 5) is 59.8. The molecule has 0 spiro atoms. The van der Waals surface area contributed by atoms with Crippen LogP contribution in [0.25, 0.3) is 0 Å². The molecule has 2 amide bonds. The Bertz CT molecular complexity index is 1030. The maximum atomic E-state index is 13.2. The van der Waals surface area contributed by atoms with Crippen LogP contribution in [0.5, 0.6) is 0 Å². The van der Waals surface area contributed by atoms with Gasteiger partial charge in [0.25, 0.3) is 0 Å². The smallest absolute Gasteiger partial charge is 0.409 e. The molecule has 65 heavy (non-hydrogen) atoms. The third-order valence-corrected chi connectivity index (χ3v) is 12.6. The predicted octanol–water partition coefficient (Wildman–Crippen LogP) is 12.7. The third kappa shape index (κ3) is 36.2. The van der Waals surface area contributed by atoms with Crippen LogP contribution in [-0.2, 0) is 28.5 Å². The number of amides is 2. The number of hydrogen-bond acceptors (Lipinski definition) is 10. The Morgan fingerprint density at radius 1 is 0.354 bits per heavy atom. The molecule has 0 radical (unpaired) electrons. The molecule has 12 nitrogen and oxygen atoms in total. The molecule has 0 aliphatic heterocycles. The molecule has 0 saturated carbocycles. The molecule has 0 bridgehead atoms. The topological polar surface area (TPSA) is 118 Å². The number of nitrogens with zero attached hydrogens (tertiary/aromatic N) is 4. The number of carbonyl (C=O) groups is 4. The van der Waals surface area contributed by atoms with Crippen LogP contribution in [0.15, 0.2) is 0 Å². The van der Waals surface area contributed by atoms with Gasteiger partial charge in [-0.1, -0.05) is 132 Å². The number of unbranched alkanes of at least 4 members (excludes halogenated alkanes) is 10. The van der Waals surface area contributed by atoms with Crippen LogP contribution in [0, 0.1) is 11.8 Å². The van der Waals surface area contributed by atoms with E-state index in [1.165, 1.54) is 77.0 Å². The lowest BCUT2D eigenvalue weighted by Gasteiger charge is -2.26. The summed E-state index contributed by atoms with van der Waals surface area (Å²) in [5.41, 5.74) is 0. The van der Waals surface area contributed by atoms with E-state index in [2.05, 4.69) is 51.3 Å². The van der Waals surface area contributed by atoms with Crippen molar-refractivity contribution >= 4 is 24.1 Å². The molecule has 0 aliphatic rings. The molecule has 0 aromatic carbocycles. The van der Waals surface area contributed by atoms with E-state index in [-0.39, 0.29) is 37.3 Å². The molecule has 0 aromatic heterocycles. The second-order valence-electron chi connectivity index (χ2n) is 18.4. The first kappa shape index (κ1) is 62.4. The Kier molecular flexibility index (Phi) is 43.4. The van der Waals surface area contributed by atoms with E-state index in [1.807, 2.05) is 13.8 Å². The summed E-state index contributed by atoms with van der Waals surface area (Å²) in [5.74, 6) is 0.619. The Morgan fingerprint density at radius 3 is 1.06 bits per heavy atom. The summed E-state index contributed by atoms with van der Waals surface area (Å²) in [6.07, 6.45) is 24.4. The minimum absolute atomic E-state index is 0.140. The van der Waals surface area contributed by atoms with Crippen molar-refractivity contribution in [2.45, 2.75) is 216 Å². The van der Waals surface area contributed by atoms with Gasteiger partial charge < -0.3 is 33.6 Å². The van der Waals surface area contributed by atoms with Gasteiger partial charge in [0, 0.05) is 52.1 Å². The lowest BCUT2D eigenvalue weighted by atomic mass is 9.96. The van der Waals surface area contributed by atoms with E-state index in [0.717, 1.165) is 71.1 Å². The second kappa shape index (κ2) is 45.2. The molecule has 12 heteroatoms. The maximum Gasteiger partial charge on any atom is 0.409 e. The highest BCUT2D eigenvalue weighted by Gasteiger charge is 2.19. The van der Waals surface area contributed by atoms with Gasteiger partial charge in [0.15, 0.2) is 0 Å². The number of carbonyl (C=O) groups excluding carboxylic acids is 4. The van der Waals surface area contributed by atoms with Crippen molar-refractivity contribution in [3.05, 3.63) is 0 Å². The summed E-state index contributed by atoms with van der Waals surface area (Å²) in [6, 6.07) is 0. The molecule has 0 unspecified atom stereocenters. The van der Waals surface area contributed by atoms with Crippen LogP contribution < -0.4 is 0 Å². The van der Waals surface area contributed by atoms with E-state index in [9.17, 15) is 19.2 Å². The molecule has 0 atom stereocenters. The zero-order valence-electron chi connectivity index (χ0n) is 43.8. The summed E-state index contributed by atoms with van der Waals surface area (Å²) < 4.78 is 23.1. The van der Waals surface area contributed by atoms with Crippen molar-refractivity contribution in [1.82, 2.24) is 19.6 Å². The van der Waals surface area contributed by atoms with E-state index >= 15 is 0 Å². The lowest BCUT2D eigenvalue weighted by molar-refractivity contribution is -0.146. The van der Waals surface area contributed by atoms with Crippen molar-refractivity contribution in [2.75, 3.05) is 91.9 Å². The van der Waals surface area contributed by atoms with Gasteiger partial charge in [-0.05, 0) is 109 Å². The molecule has 0 heterocycles. The van der Waals surface area contributed by atoms with Gasteiger partial charge in [-0.3, -0.25) is 14.5 Å². The SMILES string of the molecule is CCCCCC(CCCCC)COC(=O)CCCCN(CCC)C(=O)OCCN(CCCN(CC)CC)CCOC(=O)N(CCC)CCCCC(=O)OCC(CCCCC)CCCCC. The highest BCUT2D eigenvalue weighted by Crippen LogP contribution is 2.20. The molecule has 0 aromatic rings. The first-order valence-corrected chi connectivity index (χ1v) is 27.2. The predicted molar refractivity (Wildman–Crippen MR) is 268 cm³/mol. The van der Waals surface area contributed by atoms with Crippen molar-refractivity contribution in [2.24, 2.45) is 11.8 Å². The standard InChI is InChI=1S/C53H104N4O8/c1-9-17-21-30-48(31-22-18-10-2)46-64-50(58)34-25-27-40-56(36-13-5)52(60)62-44-42-55(39-29-38-54(15-7)16-8)43-45-63-53(61)57(37-14-6)41-28-26-35-51(59)65-47-49(32-23-19-11-3)33-24-20-12-4/h48-49H,9-47H2,1-8H3. The van der Waals surface area contributed by atoms with Crippen molar-refractivity contribution in [3.63, 3.8) is 0 Å². The molecule has 0 aliphatic carbocycles. The van der Waals surface area contributed by atoms with Gasteiger partial charge >= 0.3 is 24.1 Å². The average molecular weight is 925 g/mol. The number of esters is 2. The minimum Gasteiger partial charge on any atom is -0.465 e. The highest BCUT2D eigenvalue weighted by atomic mass is 16.6. The number of ether oxygens (including phenoxy) is 4. The van der Waals surface area contributed by atoms with Crippen LogP contribution >= 0.6 is 0 Å². The van der Waals surface area contributed by atoms with Gasteiger partial charge in [-0.2, -0.15) is 0 Å². The van der Waals surface area contributed by atoms with Crippen LogP contribution in [0.3, 0.4) is 0 Å². The minimum atomic E-state index is -0.330. The number of hydrogen-bond donors (Lipinski definition) is 0. The first-order chi connectivity index (χ1) is 31.6. The Labute approximate surface area is 400 Å². The van der Waals surface area contributed by atoms with Crippen molar-refractivity contribution in [3.8, 4) is 0 Å². The molecule has 0 N–H and O–H groups in total. The summed E-state index contributed by atoms with van der Waals surface area (Å²) in [5, 5.41) is 0. The largest absolute Gasteiger partial charge is 0.465 e. The molecule has 0 fully saturated rings. The summed E-state index contributed by atoms with van der Waals surface area (Å²) >= 11 is 0. The summed E-state index contributed by atoms with van der Waals surface area (Å²) in [7, 11) is 0. The fourth-order valence-corrected chi connectivity index (χ4v) is 8.29. The average Bonchev–Trinajstić information content (AvgIpc) is 3.30.